The molecule has 0 fully saturated rings. The lowest BCUT2D eigenvalue weighted by Crippen LogP contribution is -2.37. The Morgan fingerprint density at radius 1 is 1.09 bits per heavy atom. The topological polar surface area (TPSA) is 44.7 Å². The molecule has 0 aromatic heterocycles. The zero-order valence-corrected chi connectivity index (χ0v) is 15.4. The third-order valence-electron chi connectivity index (χ3n) is 4.61. The Balaban J connectivity index is 1.87. The first-order chi connectivity index (χ1) is 11.3. The smallest absolute Gasteiger partial charge is 0.220 e. The maximum absolute atomic E-state index is 11.8. The number of carbonyl (C=O) groups is 1. The van der Waals surface area contributed by atoms with Gasteiger partial charge in [0, 0.05) is 32.3 Å². The van der Waals surface area contributed by atoms with Crippen molar-refractivity contribution in [3.05, 3.63) is 0 Å². The van der Waals surface area contributed by atoms with Gasteiger partial charge in [0.05, 0.1) is 0 Å². The highest BCUT2D eigenvalue weighted by Gasteiger charge is 2.18. The SMILES string of the molecule is CCCCCCCCCCCC(=O)NCCN1CC=NC1CC. The van der Waals surface area contributed by atoms with Gasteiger partial charge in [0.2, 0.25) is 5.91 Å². The lowest BCUT2D eigenvalue weighted by molar-refractivity contribution is -0.121. The number of aliphatic imine (C=N–C) groups is 1. The number of amides is 1. The van der Waals surface area contributed by atoms with Crippen molar-refractivity contribution < 1.29 is 4.79 Å². The van der Waals surface area contributed by atoms with Gasteiger partial charge < -0.3 is 5.32 Å². The molecule has 0 saturated carbocycles. The summed E-state index contributed by atoms with van der Waals surface area (Å²) in [6.45, 7) is 6.99. The molecule has 1 aliphatic heterocycles. The molecule has 4 heteroatoms. The summed E-state index contributed by atoms with van der Waals surface area (Å²) in [6, 6.07) is 0. The van der Waals surface area contributed by atoms with Gasteiger partial charge in [-0.05, 0) is 12.8 Å². The van der Waals surface area contributed by atoms with E-state index in [0.717, 1.165) is 32.5 Å². The second kappa shape index (κ2) is 13.5. The van der Waals surface area contributed by atoms with Gasteiger partial charge in [0.25, 0.3) is 0 Å². The van der Waals surface area contributed by atoms with Crippen LogP contribution in [0.5, 0.6) is 0 Å². The van der Waals surface area contributed by atoms with Crippen LogP contribution in [0.4, 0.5) is 0 Å². The fourth-order valence-electron chi connectivity index (χ4n) is 3.12. The number of hydrogen-bond acceptors (Lipinski definition) is 3. The van der Waals surface area contributed by atoms with Gasteiger partial charge in [-0.3, -0.25) is 14.7 Å². The van der Waals surface area contributed by atoms with Crippen LogP contribution in [0.15, 0.2) is 4.99 Å². The molecule has 1 aliphatic rings. The Morgan fingerprint density at radius 3 is 2.39 bits per heavy atom. The van der Waals surface area contributed by atoms with Gasteiger partial charge in [-0.15, -0.1) is 0 Å². The molecule has 4 nitrogen and oxygen atoms in total. The predicted molar refractivity (Wildman–Crippen MR) is 99.0 cm³/mol. The van der Waals surface area contributed by atoms with Gasteiger partial charge in [-0.25, -0.2) is 0 Å². The second-order valence-electron chi connectivity index (χ2n) is 6.64. The van der Waals surface area contributed by atoms with Crippen LogP contribution >= 0.6 is 0 Å². The first kappa shape index (κ1) is 20.1. The third kappa shape index (κ3) is 9.75. The third-order valence-corrected chi connectivity index (χ3v) is 4.61. The van der Waals surface area contributed by atoms with E-state index in [0.29, 0.717) is 12.6 Å². The van der Waals surface area contributed by atoms with Crippen LogP contribution in [-0.4, -0.2) is 42.8 Å². The van der Waals surface area contributed by atoms with Crippen LogP contribution in [0.25, 0.3) is 0 Å². The number of nitrogens with one attached hydrogen (secondary N) is 1. The molecule has 1 rings (SSSR count). The van der Waals surface area contributed by atoms with E-state index in [2.05, 4.69) is 29.1 Å². The first-order valence-electron chi connectivity index (χ1n) is 9.80. The highest BCUT2D eigenvalue weighted by Crippen LogP contribution is 2.11. The molecule has 1 N–H and O–H groups in total. The van der Waals surface area contributed by atoms with Crippen LogP contribution in [0, 0.1) is 0 Å². The molecular formula is C19H37N3O. The second-order valence-corrected chi connectivity index (χ2v) is 6.64. The molecular weight excluding hydrogens is 286 g/mol. The molecule has 0 aliphatic carbocycles. The van der Waals surface area contributed by atoms with Crippen molar-refractivity contribution in [2.24, 2.45) is 4.99 Å². The van der Waals surface area contributed by atoms with Crippen molar-refractivity contribution in [1.82, 2.24) is 10.2 Å². The largest absolute Gasteiger partial charge is 0.355 e. The van der Waals surface area contributed by atoms with Crippen molar-refractivity contribution >= 4 is 12.1 Å². The molecule has 134 valence electrons. The van der Waals surface area contributed by atoms with Crippen molar-refractivity contribution in [1.29, 1.82) is 0 Å². The Kier molecular flexibility index (Phi) is 11.9. The summed E-state index contributed by atoms with van der Waals surface area (Å²) in [5, 5.41) is 3.04. The summed E-state index contributed by atoms with van der Waals surface area (Å²) < 4.78 is 0. The van der Waals surface area contributed by atoms with Crippen LogP contribution in [0.2, 0.25) is 0 Å². The molecule has 1 heterocycles. The predicted octanol–water partition coefficient (Wildman–Crippen LogP) is 4.15. The molecule has 0 aromatic rings. The van der Waals surface area contributed by atoms with Gasteiger partial charge >= 0.3 is 0 Å². The molecule has 0 saturated heterocycles. The minimum Gasteiger partial charge on any atom is -0.355 e. The summed E-state index contributed by atoms with van der Waals surface area (Å²) in [5.41, 5.74) is 0. The summed E-state index contributed by atoms with van der Waals surface area (Å²) in [4.78, 5) is 18.6. The monoisotopic (exact) mass is 323 g/mol. The van der Waals surface area contributed by atoms with Gasteiger partial charge in [0.1, 0.15) is 6.17 Å². The minimum atomic E-state index is 0.209. The van der Waals surface area contributed by atoms with Gasteiger partial charge in [0.15, 0.2) is 0 Å². The molecule has 0 aromatic carbocycles. The van der Waals surface area contributed by atoms with Crippen LogP contribution in [-0.2, 0) is 4.79 Å². The zero-order valence-electron chi connectivity index (χ0n) is 15.4. The van der Waals surface area contributed by atoms with E-state index in [9.17, 15) is 4.79 Å². The van der Waals surface area contributed by atoms with E-state index in [4.69, 9.17) is 0 Å². The lowest BCUT2D eigenvalue weighted by atomic mass is 10.1. The van der Waals surface area contributed by atoms with Crippen LogP contribution in [0.3, 0.4) is 0 Å². The zero-order chi connectivity index (χ0) is 16.8. The Labute approximate surface area is 143 Å². The molecule has 1 amide bonds. The lowest BCUT2D eigenvalue weighted by Gasteiger charge is -2.21. The normalized spacial score (nSPS) is 17.7. The minimum absolute atomic E-state index is 0.209. The number of nitrogens with zero attached hydrogens (tertiary/aromatic N) is 2. The highest BCUT2D eigenvalue weighted by molar-refractivity contribution is 5.75. The van der Waals surface area contributed by atoms with Crippen LogP contribution in [0.1, 0.15) is 84.5 Å². The molecule has 1 unspecified atom stereocenters. The van der Waals surface area contributed by atoms with E-state index in [1.807, 2.05) is 6.21 Å². The van der Waals surface area contributed by atoms with E-state index in [1.54, 1.807) is 0 Å². The quantitative estimate of drug-likeness (QED) is 0.488. The molecule has 23 heavy (non-hydrogen) atoms. The summed E-state index contributed by atoms with van der Waals surface area (Å²) in [5.74, 6) is 0.209. The summed E-state index contributed by atoms with van der Waals surface area (Å²) in [6.07, 6.45) is 15.7. The number of unbranched alkanes of at least 4 members (excludes halogenated alkanes) is 8. The van der Waals surface area contributed by atoms with Gasteiger partial charge in [-0.2, -0.15) is 0 Å². The average molecular weight is 324 g/mol. The average Bonchev–Trinajstić information content (AvgIpc) is 3.01. The maximum Gasteiger partial charge on any atom is 0.220 e. The highest BCUT2D eigenvalue weighted by atomic mass is 16.1. The van der Waals surface area contributed by atoms with Crippen molar-refractivity contribution in [2.45, 2.75) is 90.6 Å². The van der Waals surface area contributed by atoms with Crippen molar-refractivity contribution in [3.8, 4) is 0 Å². The first-order valence-corrected chi connectivity index (χ1v) is 9.80. The number of rotatable bonds is 14. The summed E-state index contributed by atoms with van der Waals surface area (Å²) >= 11 is 0. The fraction of sp³-hybridized carbons (Fsp3) is 0.895. The molecule has 0 spiro atoms. The molecule has 0 radical (unpaired) electrons. The van der Waals surface area contributed by atoms with Crippen molar-refractivity contribution in [2.75, 3.05) is 19.6 Å². The van der Waals surface area contributed by atoms with E-state index in [-0.39, 0.29) is 5.91 Å². The number of hydrogen-bond donors (Lipinski definition) is 1. The fourth-order valence-corrected chi connectivity index (χ4v) is 3.12. The van der Waals surface area contributed by atoms with E-state index in [1.165, 1.54) is 51.4 Å². The Hall–Kier alpha value is -0.900. The van der Waals surface area contributed by atoms with E-state index >= 15 is 0 Å². The molecule has 0 bridgehead atoms. The number of carbonyl (C=O) groups excluding carboxylic acids is 1. The Morgan fingerprint density at radius 2 is 1.74 bits per heavy atom. The standard InChI is InChI=1S/C19H37N3O/c1-3-5-6-7-8-9-10-11-12-13-19(23)21-15-17-22-16-14-20-18(22)4-2/h14,18H,3-13,15-17H2,1-2H3,(H,21,23). The molecule has 1 atom stereocenters. The van der Waals surface area contributed by atoms with Crippen LogP contribution < -0.4 is 5.32 Å². The summed E-state index contributed by atoms with van der Waals surface area (Å²) in [7, 11) is 0. The van der Waals surface area contributed by atoms with Gasteiger partial charge in [-0.1, -0.05) is 65.2 Å². The Bertz CT molecular complexity index is 331. The van der Waals surface area contributed by atoms with Crippen molar-refractivity contribution in [3.63, 3.8) is 0 Å². The maximum atomic E-state index is 11.8. The van der Waals surface area contributed by atoms with E-state index < -0.39 is 0 Å².